The Balaban J connectivity index is 3.09. The van der Waals surface area contributed by atoms with Gasteiger partial charge in [0.15, 0.2) is 0 Å². The average molecular weight is 246 g/mol. The minimum absolute atomic E-state index is 0.153. The monoisotopic (exact) mass is 246 g/mol. The summed E-state index contributed by atoms with van der Waals surface area (Å²) in [5.74, 6) is -0.354. The lowest BCUT2D eigenvalue weighted by Gasteiger charge is -2.16. The summed E-state index contributed by atoms with van der Waals surface area (Å²) < 4.78 is 37.3. The van der Waals surface area contributed by atoms with Gasteiger partial charge in [0.2, 0.25) is 0 Å². The van der Waals surface area contributed by atoms with E-state index in [-0.39, 0.29) is 11.5 Å². The number of hydrogen-bond donors (Lipinski definition) is 1. The molecule has 0 aromatic heterocycles. The highest BCUT2D eigenvalue weighted by Gasteiger charge is 2.33. The van der Waals surface area contributed by atoms with Crippen LogP contribution in [0, 0.1) is 0 Å². The number of halogens is 3. The molecule has 2 N–H and O–H groups in total. The largest absolute Gasteiger partial charge is 0.418 e. The van der Waals surface area contributed by atoms with Crippen LogP contribution in [0.3, 0.4) is 0 Å². The Morgan fingerprint density at radius 3 is 2.41 bits per heavy atom. The summed E-state index contributed by atoms with van der Waals surface area (Å²) in [6.45, 7) is 2.24. The number of amides is 1. The normalized spacial score (nSPS) is 11.4. The fourth-order valence-electron chi connectivity index (χ4n) is 1.32. The van der Waals surface area contributed by atoms with Crippen molar-refractivity contribution >= 4 is 11.6 Å². The van der Waals surface area contributed by atoms with Crippen LogP contribution in [0.4, 0.5) is 18.9 Å². The molecule has 1 amide bonds. The summed E-state index contributed by atoms with van der Waals surface area (Å²) in [4.78, 5) is 13.1. The second-order valence-corrected chi connectivity index (χ2v) is 3.62. The van der Waals surface area contributed by atoms with Crippen molar-refractivity contribution in [3.05, 3.63) is 29.3 Å². The maximum Gasteiger partial charge on any atom is 0.418 e. The molecule has 0 atom stereocenters. The first-order chi connectivity index (χ1) is 7.77. The van der Waals surface area contributed by atoms with Crippen molar-refractivity contribution in [3.8, 4) is 0 Å². The van der Waals surface area contributed by atoms with E-state index in [9.17, 15) is 18.0 Å². The zero-order valence-electron chi connectivity index (χ0n) is 9.51. The molecule has 0 aliphatic rings. The van der Waals surface area contributed by atoms with Crippen LogP contribution in [-0.2, 0) is 6.18 Å². The van der Waals surface area contributed by atoms with Crippen molar-refractivity contribution in [1.29, 1.82) is 0 Å². The second kappa shape index (κ2) is 4.65. The second-order valence-electron chi connectivity index (χ2n) is 3.62. The van der Waals surface area contributed by atoms with Crippen molar-refractivity contribution < 1.29 is 18.0 Å². The highest BCUT2D eigenvalue weighted by Crippen LogP contribution is 2.33. The van der Waals surface area contributed by atoms with Crippen molar-refractivity contribution in [2.24, 2.45) is 0 Å². The van der Waals surface area contributed by atoms with Crippen LogP contribution < -0.4 is 5.73 Å². The minimum Gasteiger partial charge on any atom is -0.398 e. The first-order valence-electron chi connectivity index (χ1n) is 4.99. The molecule has 0 unspecified atom stereocenters. The summed E-state index contributed by atoms with van der Waals surface area (Å²) in [5, 5.41) is 0. The number of hydrogen-bond acceptors (Lipinski definition) is 2. The highest BCUT2D eigenvalue weighted by atomic mass is 19.4. The van der Waals surface area contributed by atoms with Crippen LogP contribution in [0.1, 0.15) is 22.8 Å². The molecule has 1 aromatic rings. The van der Waals surface area contributed by atoms with E-state index in [2.05, 4.69) is 0 Å². The molecule has 0 saturated heterocycles. The lowest BCUT2D eigenvalue weighted by molar-refractivity contribution is -0.136. The third-order valence-corrected chi connectivity index (χ3v) is 2.42. The van der Waals surface area contributed by atoms with Crippen LogP contribution >= 0.6 is 0 Å². The van der Waals surface area contributed by atoms with Crippen molar-refractivity contribution in [2.75, 3.05) is 19.3 Å². The number of nitrogens with zero attached hydrogens (tertiary/aromatic N) is 1. The first kappa shape index (κ1) is 13.3. The highest BCUT2D eigenvalue weighted by molar-refractivity contribution is 5.95. The third kappa shape index (κ3) is 2.89. The Kier molecular flexibility index (Phi) is 3.65. The molecule has 6 heteroatoms. The van der Waals surface area contributed by atoms with Gasteiger partial charge in [-0.3, -0.25) is 4.79 Å². The van der Waals surface area contributed by atoms with Crippen LogP contribution in [0.2, 0.25) is 0 Å². The first-order valence-corrected chi connectivity index (χ1v) is 4.99. The van der Waals surface area contributed by atoms with Gasteiger partial charge in [-0.05, 0) is 25.1 Å². The molecule has 3 nitrogen and oxygen atoms in total. The minimum atomic E-state index is -4.50. The molecule has 0 saturated carbocycles. The van der Waals surface area contributed by atoms with Gasteiger partial charge in [-0.1, -0.05) is 0 Å². The Bertz CT molecular complexity index is 429. The van der Waals surface area contributed by atoms with Crippen LogP contribution in [0.5, 0.6) is 0 Å². The zero-order chi connectivity index (χ0) is 13.2. The van der Waals surface area contributed by atoms with Gasteiger partial charge in [0, 0.05) is 24.8 Å². The van der Waals surface area contributed by atoms with Gasteiger partial charge in [0.1, 0.15) is 0 Å². The SMILES string of the molecule is CCN(C)C(=O)c1ccc(C(F)(F)F)c(N)c1. The summed E-state index contributed by atoms with van der Waals surface area (Å²) in [7, 11) is 1.57. The van der Waals surface area contributed by atoms with Gasteiger partial charge in [-0.2, -0.15) is 13.2 Å². The molecule has 0 radical (unpaired) electrons. The number of nitrogens with two attached hydrogens (primary N) is 1. The van der Waals surface area contributed by atoms with E-state index < -0.39 is 17.4 Å². The van der Waals surface area contributed by atoms with Crippen LogP contribution in [0.25, 0.3) is 0 Å². The van der Waals surface area contributed by atoms with E-state index in [0.29, 0.717) is 6.54 Å². The van der Waals surface area contributed by atoms with Gasteiger partial charge in [-0.25, -0.2) is 0 Å². The van der Waals surface area contributed by atoms with Crippen molar-refractivity contribution in [2.45, 2.75) is 13.1 Å². The van der Waals surface area contributed by atoms with E-state index in [4.69, 9.17) is 5.73 Å². The number of alkyl halides is 3. The fourth-order valence-corrected chi connectivity index (χ4v) is 1.32. The summed E-state index contributed by atoms with van der Waals surface area (Å²) in [6.07, 6.45) is -4.50. The zero-order valence-corrected chi connectivity index (χ0v) is 9.51. The maximum absolute atomic E-state index is 12.4. The van der Waals surface area contributed by atoms with E-state index in [0.717, 1.165) is 18.2 Å². The Morgan fingerprint density at radius 2 is 2.00 bits per heavy atom. The molecule has 0 spiro atoms. The lowest BCUT2D eigenvalue weighted by Crippen LogP contribution is -2.26. The molecular formula is C11H13F3N2O. The smallest absolute Gasteiger partial charge is 0.398 e. The predicted octanol–water partition coefficient (Wildman–Crippen LogP) is 2.38. The van der Waals surface area contributed by atoms with Crippen molar-refractivity contribution in [3.63, 3.8) is 0 Å². The van der Waals surface area contributed by atoms with E-state index in [1.165, 1.54) is 4.90 Å². The van der Waals surface area contributed by atoms with Gasteiger partial charge >= 0.3 is 6.18 Å². The lowest BCUT2D eigenvalue weighted by atomic mass is 10.1. The average Bonchev–Trinajstić information content (AvgIpc) is 2.25. The van der Waals surface area contributed by atoms with Crippen molar-refractivity contribution in [1.82, 2.24) is 4.90 Å². The van der Waals surface area contributed by atoms with Gasteiger partial charge < -0.3 is 10.6 Å². The maximum atomic E-state index is 12.4. The number of rotatable bonds is 2. The van der Waals surface area contributed by atoms with E-state index in [1.807, 2.05) is 0 Å². The molecule has 1 aromatic carbocycles. The van der Waals surface area contributed by atoms with E-state index >= 15 is 0 Å². The third-order valence-electron chi connectivity index (χ3n) is 2.42. The number of carbonyl (C=O) groups excluding carboxylic acids is 1. The number of carbonyl (C=O) groups is 1. The van der Waals surface area contributed by atoms with Gasteiger partial charge in [0.05, 0.1) is 5.56 Å². The molecular weight excluding hydrogens is 233 g/mol. The molecule has 0 bridgehead atoms. The standard InChI is InChI=1S/C11H13F3N2O/c1-3-16(2)10(17)7-4-5-8(9(15)6-7)11(12,13)14/h4-6H,3,15H2,1-2H3. The van der Waals surface area contributed by atoms with Crippen LogP contribution in [-0.4, -0.2) is 24.4 Å². The Labute approximate surface area is 97.0 Å². The topological polar surface area (TPSA) is 46.3 Å². The predicted molar refractivity (Wildman–Crippen MR) is 58.5 cm³/mol. The number of nitrogen functional groups attached to an aromatic ring is 1. The Morgan fingerprint density at radius 1 is 1.41 bits per heavy atom. The van der Waals surface area contributed by atoms with Gasteiger partial charge in [-0.15, -0.1) is 0 Å². The quantitative estimate of drug-likeness (QED) is 0.814. The fraction of sp³-hybridized carbons (Fsp3) is 0.364. The molecule has 0 fully saturated rings. The summed E-state index contributed by atoms with van der Waals surface area (Å²) >= 11 is 0. The molecule has 17 heavy (non-hydrogen) atoms. The number of benzene rings is 1. The molecule has 0 aliphatic heterocycles. The number of anilines is 1. The Hall–Kier alpha value is -1.72. The molecule has 94 valence electrons. The summed E-state index contributed by atoms with van der Waals surface area (Å²) in [6, 6.07) is 3.01. The molecule has 0 aliphatic carbocycles. The molecule has 0 heterocycles. The summed E-state index contributed by atoms with van der Waals surface area (Å²) in [5.41, 5.74) is 4.09. The van der Waals surface area contributed by atoms with Gasteiger partial charge in [0.25, 0.3) is 5.91 Å². The van der Waals surface area contributed by atoms with Crippen LogP contribution in [0.15, 0.2) is 18.2 Å². The van der Waals surface area contributed by atoms with E-state index in [1.54, 1.807) is 14.0 Å². The molecule has 1 rings (SSSR count).